The fourth-order valence-electron chi connectivity index (χ4n) is 1.48. The molecule has 1 rings (SSSR count). The Kier molecular flexibility index (Phi) is 2.04. The summed E-state index contributed by atoms with van der Waals surface area (Å²) in [4.78, 5) is 0. The minimum atomic E-state index is -0.909. The van der Waals surface area contributed by atoms with Crippen molar-refractivity contribution >= 4 is 0 Å². The van der Waals surface area contributed by atoms with E-state index in [0.29, 0.717) is 5.76 Å². The molecule has 0 aliphatic heterocycles. The topological polar surface area (TPSA) is 40.5 Å². The summed E-state index contributed by atoms with van der Waals surface area (Å²) < 4.78 is 0. The summed E-state index contributed by atoms with van der Waals surface area (Å²) >= 11 is 0. The fourth-order valence-corrected chi connectivity index (χ4v) is 1.48. The lowest BCUT2D eigenvalue weighted by Gasteiger charge is -2.32. The Morgan fingerprint density at radius 2 is 1.92 bits per heavy atom. The second-order valence-electron chi connectivity index (χ2n) is 3.79. The van der Waals surface area contributed by atoms with Gasteiger partial charge in [0.25, 0.3) is 0 Å². The van der Waals surface area contributed by atoms with Crippen LogP contribution in [0.25, 0.3) is 0 Å². The quantitative estimate of drug-likeness (QED) is 0.582. The standard InChI is InChI=1S/C10H16O2/c1-6-5-10(4,12)8(3)9(11)7(6)2/h5,8,11-12H,1-4H3. The molecule has 2 nitrogen and oxygen atoms in total. The number of rotatable bonds is 0. The maximum absolute atomic E-state index is 9.83. The predicted octanol–water partition coefficient (Wildman–Crippen LogP) is 2.17. The van der Waals surface area contributed by atoms with Crippen molar-refractivity contribution in [2.75, 3.05) is 0 Å². The molecule has 2 atom stereocenters. The summed E-state index contributed by atoms with van der Waals surface area (Å²) in [7, 11) is 0. The average molecular weight is 168 g/mol. The van der Waals surface area contributed by atoms with Crippen LogP contribution in [0.4, 0.5) is 0 Å². The molecular weight excluding hydrogens is 152 g/mol. The Bertz CT molecular complexity index is 259. The van der Waals surface area contributed by atoms with E-state index in [2.05, 4.69) is 0 Å². The zero-order chi connectivity index (χ0) is 9.52. The average Bonchev–Trinajstić information content (AvgIpc) is 1.97. The predicted molar refractivity (Wildman–Crippen MR) is 48.9 cm³/mol. The first-order valence-electron chi connectivity index (χ1n) is 4.18. The van der Waals surface area contributed by atoms with E-state index in [9.17, 15) is 10.2 Å². The van der Waals surface area contributed by atoms with Gasteiger partial charge < -0.3 is 10.2 Å². The van der Waals surface area contributed by atoms with Gasteiger partial charge in [0.05, 0.1) is 5.60 Å². The molecule has 1 aliphatic rings. The highest BCUT2D eigenvalue weighted by Crippen LogP contribution is 2.34. The SMILES string of the molecule is CC1=CC(C)(O)C(C)C(O)=C1C. The molecule has 2 N–H and O–H groups in total. The normalized spacial score (nSPS) is 36.8. The molecule has 0 amide bonds. The van der Waals surface area contributed by atoms with Crippen LogP contribution < -0.4 is 0 Å². The summed E-state index contributed by atoms with van der Waals surface area (Å²) in [5.74, 6) is 0.0983. The van der Waals surface area contributed by atoms with Crippen LogP contribution in [0.1, 0.15) is 27.7 Å². The summed E-state index contributed by atoms with van der Waals surface area (Å²) in [6.45, 7) is 7.30. The Morgan fingerprint density at radius 1 is 1.42 bits per heavy atom. The molecule has 2 heteroatoms. The van der Waals surface area contributed by atoms with Gasteiger partial charge in [-0.05, 0) is 38.0 Å². The highest BCUT2D eigenvalue weighted by atomic mass is 16.3. The molecule has 0 fully saturated rings. The lowest BCUT2D eigenvalue weighted by Crippen LogP contribution is -2.35. The number of hydrogen-bond acceptors (Lipinski definition) is 2. The summed E-state index contributed by atoms with van der Waals surface area (Å²) in [6, 6.07) is 0. The highest BCUT2D eigenvalue weighted by molar-refractivity contribution is 5.38. The minimum absolute atomic E-state index is 0.207. The number of aliphatic hydroxyl groups excluding tert-OH is 1. The second-order valence-corrected chi connectivity index (χ2v) is 3.79. The zero-order valence-corrected chi connectivity index (χ0v) is 8.05. The maximum atomic E-state index is 9.83. The van der Waals surface area contributed by atoms with Gasteiger partial charge in [0, 0.05) is 5.92 Å². The van der Waals surface area contributed by atoms with Crippen molar-refractivity contribution < 1.29 is 10.2 Å². The Morgan fingerprint density at radius 3 is 2.42 bits per heavy atom. The first-order chi connectivity index (χ1) is 5.36. The van der Waals surface area contributed by atoms with Crippen molar-refractivity contribution in [2.45, 2.75) is 33.3 Å². The highest BCUT2D eigenvalue weighted by Gasteiger charge is 2.33. The van der Waals surface area contributed by atoms with Crippen molar-refractivity contribution in [3.63, 3.8) is 0 Å². The van der Waals surface area contributed by atoms with Gasteiger partial charge >= 0.3 is 0 Å². The fraction of sp³-hybridized carbons (Fsp3) is 0.600. The van der Waals surface area contributed by atoms with E-state index in [1.54, 1.807) is 13.0 Å². The number of aliphatic hydroxyl groups is 2. The third kappa shape index (κ3) is 1.27. The molecular formula is C10H16O2. The van der Waals surface area contributed by atoms with E-state index in [4.69, 9.17) is 0 Å². The van der Waals surface area contributed by atoms with Crippen LogP contribution in [-0.2, 0) is 0 Å². The van der Waals surface area contributed by atoms with Crippen molar-refractivity contribution in [3.05, 3.63) is 23.0 Å². The molecule has 0 bridgehead atoms. The molecule has 0 heterocycles. The summed E-state index contributed by atoms with van der Waals surface area (Å²) in [5.41, 5.74) is 0.929. The summed E-state index contributed by atoms with van der Waals surface area (Å²) in [5, 5.41) is 19.5. The molecule has 68 valence electrons. The van der Waals surface area contributed by atoms with Crippen molar-refractivity contribution in [1.82, 2.24) is 0 Å². The lowest BCUT2D eigenvalue weighted by molar-refractivity contribution is 0.0472. The van der Waals surface area contributed by atoms with Crippen LogP contribution in [0, 0.1) is 5.92 Å². The minimum Gasteiger partial charge on any atom is -0.512 e. The van der Waals surface area contributed by atoms with Gasteiger partial charge in [-0.15, -0.1) is 0 Å². The Labute approximate surface area is 73.2 Å². The lowest BCUT2D eigenvalue weighted by atomic mass is 9.80. The van der Waals surface area contributed by atoms with Crippen LogP contribution in [0.15, 0.2) is 23.0 Å². The van der Waals surface area contributed by atoms with Crippen LogP contribution in [0.5, 0.6) is 0 Å². The van der Waals surface area contributed by atoms with Gasteiger partial charge in [-0.1, -0.05) is 6.92 Å². The van der Waals surface area contributed by atoms with E-state index < -0.39 is 5.60 Å². The second kappa shape index (κ2) is 2.63. The van der Waals surface area contributed by atoms with Gasteiger partial charge in [0.1, 0.15) is 5.76 Å². The van der Waals surface area contributed by atoms with Crippen LogP contribution in [0.2, 0.25) is 0 Å². The first-order valence-corrected chi connectivity index (χ1v) is 4.18. The number of hydrogen-bond donors (Lipinski definition) is 2. The molecule has 12 heavy (non-hydrogen) atoms. The van der Waals surface area contributed by atoms with E-state index in [1.165, 1.54) is 0 Å². The number of allylic oxidation sites excluding steroid dienone is 2. The molecule has 0 radical (unpaired) electrons. The molecule has 0 aromatic rings. The van der Waals surface area contributed by atoms with Gasteiger partial charge in [0.15, 0.2) is 0 Å². The van der Waals surface area contributed by atoms with E-state index in [-0.39, 0.29) is 5.92 Å². The monoisotopic (exact) mass is 168 g/mol. The summed E-state index contributed by atoms with van der Waals surface area (Å²) in [6.07, 6.45) is 1.80. The largest absolute Gasteiger partial charge is 0.512 e. The third-order valence-corrected chi connectivity index (χ3v) is 2.77. The molecule has 0 aromatic heterocycles. The van der Waals surface area contributed by atoms with Crippen LogP contribution >= 0.6 is 0 Å². The van der Waals surface area contributed by atoms with E-state index in [0.717, 1.165) is 11.1 Å². The van der Waals surface area contributed by atoms with E-state index in [1.807, 2.05) is 20.8 Å². The van der Waals surface area contributed by atoms with Gasteiger partial charge in [0.2, 0.25) is 0 Å². The molecule has 0 aromatic carbocycles. The van der Waals surface area contributed by atoms with Crippen molar-refractivity contribution in [2.24, 2.45) is 5.92 Å². The Hall–Kier alpha value is -0.760. The van der Waals surface area contributed by atoms with Crippen LogP contribution in [0.3, 0.4) is 0 Å². The molecule has 0 spiro atoms. The van der Waals surface area contributed by atoms with Gasteiger partial charge in [-0.2, -0.15) is 0 Å². The molecule has 0 saturated carbocycles. The zero-order valence-electron chi connectivity index (χ0n) is 8.05. The first kappa shape index (κ1) is 9.33. The molecule has 2 unspecified atom stereocenters. The molecule has 1 aliphatic carbocycles. The smallest absolute Gasteiger partial charge is 0.101 e. The van der Waals surface area contributed by atoms with Gasteiger partial charge in [-0.3, -0.25) is 0 Å². The van der Waals surface area contributed by atoms with Crippen molar-refractivity contribution in [3.8, 4) is 0 Å². The Balaban J connectivity index is 3.15. The van der Waals surface area contributed by atoms with Crippen molar-refractivity contribution in [1.29, 1.82) is 0 Å². The third-order valence-electron chi connectivity index (χ3n) is 2.77. The van der Waals surface area contributed by atoms with E-state index >= 15 is 0 Å². The van der Waals surface area contributed by atoms with Gasteiger partial charge in [-0.25, -0.2) is 0 Å². The molecule has 0 saturated heterocycles. The van der Waals surface area contributed by atoms with Crippen LogP contribution in [-0.4, -0.2) is 15.8 Å². The maximum Gasteiger partial charge on any atom is 0.101 e.